The highest BCUT2D eigenvalue weighted by Gasteiger charge is 2.41. The van der Waals surface area contributed by atoms with Gasteiger partial charge in [-0.15, -0.1) is 0 Å². The van der Waals surface area contributed by atoms with Gasteiger partial charge in [-0.3, -0.25) is 5.01 Å². The van der Waals surface area contributed by atoms with Crippen LogP contribution in [0.2, 0.25) is 0 Å². The van der Waals surface area contributed by atoms with Crippen LogP contribution in [0.4, 0.5) is 10.5 Å². The van der Waals surface area contributed by atoms with Crippen LogP contribution in [-0.2, 0) is 4.74 Å². The summed E-state index contributed by atoms with van der Waals surface area (Å²) in [6.45, 7) is 9.09. The normalized spacial score (nSPS) is 18.6. The smallest absolute Gasteiger partial charge is 0.252 e. The molecule has 1 aromatic rings. The molecule has 1 heterocycles. The van der Waals surface area contributed by atoms with Crippen LogP contribution in [0.3, 0.4) is 0 Å². The molecule has 25 heavy (non-hydrogen) atoms. The molecule has 0 aromatic heterocycles. The first-order chi connectivity index (χ1) is 11.9. The lowest BCUT2D eigenvalue weighted by atomic mass is 9.79. The van der Waals surface area contributed by atoms with Gasteiger partial charge in [0.05, 0.1) is 24.0 Å². The van der Waals surface area contributed by atoms with Crippen LogP contribution in [0.5, 0.6) is 0 Å². The molecule has 138 valence electrons. The highest BCUT2D eigenvalue weighted by Crippen LogP contribution is 2.36. The number of para-hydroxylation sites is 1. The van der Waals surface area contributed by atoms with Crippen LogP contribution in [0.25, 0.3) is 0 Å². The SMILES string of the molecule is CCCCC(CC)C(OC(=O)[O-])C1=NN(c2ccccc2)CC1(C)C. The summed E-state index contributed by atoms with van der Waals surface area (Å²) in [5.74, 6) is 0.117. The number of hydrogen-bond acceptors (Lipinski definition) is 5. The van der Waals surface area contributed by atoms with Gasteiger partial charge in [-0.2, -0.15) is 5.10 Å². The number of ether oxygens (including phenoxy) is 1. The number of carboxylic acid groups (broad SMARTS) is 1. The van der Waals surface area contributed by atoms with E-state index in [1.165, 1.54) is 0 Å². The lowest BCUT2D eigenvalue weighted by molar-refractivity contribution is -0.286. The van der Waals surface area contributed by atoms with Gasteiger partial charge in [-0.1, -0.05) is 65.2 Å². The van der Waals surface area contributed by atoms with Gasteiger partial charge in [0.1, 0.15) is 0 Å². The zero-order valence-corrected chi connectivity index (χ0v) is 15.7. The summed E-state index contributed by atoms with van der Waals surface area (Å²) in [6, 6.07) is 9.93. The number of anilines is 1. The minimum absolute atomic E-state index is 0.117. The lowest BCUT2D eigenvalue weighted by Crippen LogP contribution is -2.44. The second-order valence-corrected chi connectivity index (χ2v) is 7.36. The maximum atomic E-state index is 11.2. The molecule has 5 heteroatoms. The molecule has 2 unspecified atom stereocenters. The van der Waals surface area contributed by atoms with E-state index >= 15 is 0 Å². The Kier molecular flexibility index (Phi) is 6.45. The van der Waals surface area contributed by atoms with Crippen molar-refractivity contribution >= 4 is 17.6 Å². The van der Waals surface area contributed by atoms with E-state index in [0.717, 1.165) is 37.1 Å². The summed E-state index contributed by atoms with van der Waals surface area (Å²) in [7, 11) is 0. The van der Waals surface area contributed by atoms with E-state index in [0.29, 0.717) is 6.54 Å². The predicted octanol–water partition coefficient (Wildman–Crippen LogP) is 3.83. The fourth-order valence-electron chi connectivity index (χ4n) is 3.46. The first-order valence-electron chi connectivity index (χ1n) is 9.18. The summed E-state index contributed by atoms with van der Waals surface area (Å²) < 4.78 is 5.25. The molecule has 0 radical (unpaired) electrons. The molecule has 1 aliphatic rings. The van der Waals surface area contributed by atoms with Gasteiger partial charge in [0.25, 0.3) is 6.16 Å². The molecule has 0 saturated carbocycles. The van der Waals surface area contributed by atoms with E-state index in [9.17, 15) is 9.90 Å². The number of carbonyl (C=O) groups is 1. The van der Waals surface area contributed by atoms with Crippen molar-refractivity contribution in [2.75, 3.05) is 11.6 Å². The lowest BCUT2D eigenvalue weighted by Gasteiger charge is -2.34. The van der Waals surface area contributed by atoms with Gasteiger partial charge in [-0.05, 0) is 24.5 Å². The van der Waals surface area contributed by atoms with Crippen molar-refractivity contribution in [1.29, 1.82) is 0 Å². The molecule has 2 atom stereocenters. The van der Waals surface area contributed by atoms with E-state index in [4.69, 9.17) is 9.84 Å². The Hall–Kier alpha value is -2.04. The van der Waals surface area contributed by atoms with Gasteiger partial charge in [0.15, 0.2) is 0 Å². The molecule has 0 N–H and O–H groups in total. The van der Waals surface area contributed by atoms with Crippen molar-refractivity contribution in [3.05, 3.63) is 30.3 Å². The summed E-state index contributed by atoms with van der Waals surface area (Å²) >= 11 is 0. The van der Waals surface area contributed by atoms with Crippen LogP contribution in [0, 0.1) is 11.3 Å². The number of rotatable bonds is 8. The van der Waals surface area contributed by atoms with Crippen molar-refractivity contribution in [3.8, 4) is 0 Å². The molecule has 0 amide bonds. The fraction of sp³-hybridized carbons (Fsp3) is 0.600. The monoisotopic (exact) mass is 345 g/mol. The van der Waals surface area contributed by atoms with E-state index in [1.54, 1.807) is 0 Å². The van der Waals surface area contributed by atoms with Crippen molar-refractivity contribution in [3.63, 3.8) is 0 Å². The topological polar surface area (TPSA) is 65.0 Å². The summed E-state index contributed by atoms with van der Waals surface area (Å²) in [5, 5.41) is 17.9. The third kappa shape index (κ3) is 4.74. The van der Waals surface area contributed by atoms with Crippen LogP contribution in [-0.4, -0.2) is 24.5 Å². The number of hydrogen-bond donors (Lipinski definition) is 0. The number of carbonyl (C=O) groups excluding carboxylic acids is 1. The van der Waals surface area contributed by atoms with Gasteiger partial charge >= 0.3 is 0 Å². The van der Waals surface area contributed by atoms with E-state index in [2.05, 4.69) is 27.7 Å². The Balaban J connectivity index is 2.34. The summed E-state index contributed by atoms with van der Waals surface area (Å²) in [6.07, 6.45) is 1.85. The van der Waals surface area contributed by atoms with Crippen LogP contribution in [0.1, 0.15) is 53.4 Å². The molecule has 0 aliphatic carbocycles. The Morgan fingerprint density at radius 1 is 1.32 bits per heavy atom. The average Bonchev–Trinajstić information content (AvgIpc) is 2.90. The molecular formula is C20H29N2O3-. The van der Waals surface area contributed by atoms with E-state index in [-0.39, 0.29) is 11.3 Å². The molecule has 5 nitrogen and oxygen atoms in total. The molecule has 1 aromatic carbocycles. The minimum Gasteiger partial charge on any atom is -0.540 e. The Bertz CT molecular complexity index is 598. The standard InChI is InChI=1S/C20H30N2O3/c1-5-7-11-15(6-2)17(25-19(23)24)18-20(3,4)14-22(21-18)16-12-9-8-10-13-16/h8-10,12-13,15,17H,5-7,11,14H2,1-4H3,(H,23,24)/p-1. The number of nitrogens with zero attached hydrogens (tertiary/aromatic N) is 2. The quantitative estimate of drug-likeness (QED) is 0.672. The molecular weight excluding hydrogens is 316 g/mol. The van der Waals surface area contributed by atoms with Crippen molar-refractivity contribution in [2.24, 2.45) is 16.4 Å². The van der Waals surface area contributed by atoms with Gasteiger partial charge in [0.2, 0.25) is 0 Å². The molecule has 1 aliphatic heterocycles. The largest absolute Gasteiger partial charge is 0.540 e. The minimum atomic E-state index is -1.48. The zero-order valence-electron chi connectivity index (χ0n) is 15.7. The Morgan fingerprint density at radius 2 is 2.00 bits per heavy atom. The molecule has 0 fully saturated rings. The first-order valence-corrected chi connectivity index (χ1v) is 9.18. The van der Waals surface area contributed by atoms with Crippen molar-refractivity contribution < 1.29 is 14.6 Å². The van der Waals surface area contributed by atoms with Crippen LogP contribution >= 0.6 is 0 Å². The first kappa shape index (κ1) is 19.3. The summed E-state index contributed by atoms with van der Waals surface area (Å²) in [5.41, 5.74) is 1.53. The maximum absolute atomic E-state index is 11.2. The van der Waals surface area contributed by atoms with Crippen LogP contribution < -0.4 is 10.1 Å². The average molecular weight is 345 g/mol. The Labute approximate surface area is 150 Å². The maximum Gasteiger partial charge on any atom is 0.252 e. The third-order valence-electron chi connectivity index (χ3n) is 4.89. The molecule has 0 saturated heterocycles. The van der Waals surface area contributed by atoms with Crippen LogP contribution in [0.15, 0.2) is 35.4 Å². The van der Waals surface area contributed by atoms with E-state index in [1.807, 2.05) is 35.3 Å². The molecule has 0 bridgehead atoms. The zero-order chi connectivity index (χ0) is 18.4. The fourth-order valence-corrected chi connectivity index (χ4v) is 3.46. The van der Waals surface area contributed by atoms with Gasteiger partial charge in [0, 0.05) is 5.41 Å². The molecule has 0 spiro atoms. The Morgan fingerprint density at radius 3 is 2.56 bits per heavy atom. The van der Waals surface area contributed by atoms with E-state index < -0.39 is 12.3 Å². The highest BCUT2D eigenvalue weighted by atomic mass is 16.7. The number of benzene rings is 1. The second kappa shape index (κ2) is 8.37. The van der Waals surface area contributed by atoms with Crippen molar-refractivity contribution in [2.45, 2.75) is 59.5 Å². The highest BCUT2D eigenvalue weighted by molar-refractivity contribution is 5.97. The van der Waals surface area contributed by atoms with Gasteiger partial charge in [-0.25, -0.2) is 0 Å². The number of hydrazone groups is 1. The second-order valence-electron chi connectivity index (χ2n) is 7.36. The third-order valence-corrected chi connectivity index (χ3v) is 4.89. The predicted molar refractivity (Wildman–Crippen MR) is 98.6 cm³/mol. The van der Waals surface area contributed by atoms with Gasteiger partial charge < -0.3 is 14.6 Å². The molecule has 2 rings (SSSR count). The van der Waals surface area contributed by atoms with Crippen molar-refractivity contribution in [1.82, 2.24) is 0 Å². The number of unbranched alkanes of at least 4 members (excludes halogenated alkanes) is 1. The summed E-state index contributed by atoms with van der Waals surface area (Å²) in [4.78, 5) is 11.2.